The van der Waals surface area contributed by atoms with Crippen LogP contribution in [0.1, 0.15) is 25.7 Å². The molecule has 0 aromatic carbocycles. The van der Waals surface area contributed by atoms with Crippen LogP contribution in [0.3, 0.4) is 0 Å². The number of hydrogen-bond donors (Lipinski definition) is 0. The lowest BCUT2D eigenvalue weighted by Gasteiger charge is -2.03. The average Bonchev–Trinajstić information content (AvgIpc) is 2.34. The molecule has 1 saturated carbocycles. The summed E-state index contributed by atoms with van der Waals surface area (Å²) < 4.78 is 0. The van der Waals surface area contributed by atoms with Crippen molar-refractivity contribution in [2.45, 2.75) is 31.8 Å². The zero-order valence-electron chi connectivity index (χ0n) is 5.21. The van der Waals surface area contributed by atoms with Gasteiger partial charge in [-0.1, -0.05) is 12.8 Å². The molecule has 0 N–H and O–H groups in total. The first-order valence-electron chi connectivity index (χ1n) is 3.19. The fraction of sp³-hybridized carbons (Fsp3) is 0.833. The van der Waals surface area contributed by atoms with Crippen LogP contribution in [0, 0.1) is 0 Å². The van der Waals surface area contributed by atoms with E-state index in [1.165, 1.54) is 12.8 Å². The molecule has 1 aliphatic carbocycles. The highest BCUT2D eigenvalue weighted by atomic mass is 17.2. The minimum atomic E-state index is 0.162. The lowest BCUT2D eigenvalue weighted by Crippen LogP contribution is -2.06. The summed E-state index contributed by atoms with van der Waals surface area (Å²) in [6, 6.07) is 0. The second-order valence-electron chi connectivity index (χ2n) is 2.20. The number of hydrogen-bond acceptors (Lipinski definition) is 3. The quantitative estimate of drug-likeness (QED) is 0.325. The van der Waals surface area contributed by atoms with Gasteiger partial charge < -0.3 is 4.89 Å². The highest BCUT2D eigenvalue weighted by Gasteiger charge is 2.16. The van der Waals surface area contributed by atoms with E-state index in [1.807, 2.05) is 0 Å². The van der Waals surface area contributed by atoms with E-state index >= 15 is 0 Å². The van der Waals surface area contributed by atoms with Gasteiger partial charge in [-0.15, -0.1) is 0 Å². The van der Waals surface area contributed by atoms with Crippen molar-refractivity contribution in [1.29, 1.82) is 0 Å². The molecule has 0 aromatic heterocycles. The van der Waals surface area contributed by atoms with E-state index in [0.29, 0.717) is 6.47 Å². The molecule has 0 spiro atoms. The van der Waals surface area contributed by atoms with Crippen LogP contribution >= 0.6 is 0 Å². The highest BCUT2D eigenvalue weighted by Crippen LogP contribution is 2.20. The second-order valence-corrected chi connectivity index (χ2v) is 2.20. The van der Waals surface area contributed by atoms with Crippen LogP contribution in [0.15, 0.2) is 0 Å². The monoisotopic (exact) mass is 130 g/mol. The normalized spacial score (nSPS) is 20.0. The Morgan fingerprint density at radius 1 is 1.33 bits per heavy atom. The molecule has 52 valence electrons. The third-order valence-electron chi connectivity index (χ3n) is 1.53. The van der Waals surface area contributed by atoms with Gasteiger partial charge in [0.15, 0.2) is 0 Å². The van der Waals surface area contributed by atoms with Crippen LogP contribution in [-0.2, 0) is 14.6 Å². The van der Waals surface area contributed by atoms with Gasteiger partial charge in [-0.3, -0.25) is 4.79 Å². The predicted octanol–water partition coefficient (Wildman–Crippen LogP) is 1.03. The van der Waals surface area contributed by atoms with Gasteiger partial charge in [0.05, 0.1) is 0 Å². The first-order valence-corrected chi connectivity index (χ1v) is 3.19. The summed E-state index contributed by atoms with van der Waals surface area (Å²) in [7, 11) is 0. The minimum Gasteiger partial charge on any atom is -0.302 e. The van der Waals surface area contributed by atoms with Crippen molar-refractivity contribution in [3.63, 3.8) is 0 Å². The molecule has 0 amide bonds. The topological polar surface area (TPSA) is 35.5 Å². The molecule has 0 aromatic rings. The molecule has 1 aliphatic rings. The Hall–Kier alpha value is -0.570. The number of rotatable bonds is 3. The van der Waals surface area contributed by atoms with Gasteiger partial charge >= 0.3 is 6.47 Å². The molecular formula is C6H10O3. The number of carbonyl (C=O) groups is 1. The van der Waals surface area contributed by atoms with E-state index in [0.717, 1.165) is 12.8 Å². The van der Waals surface area contributed by atoms with E-state index in [-0.39, 0.29) is 6.10 Å². The molecule has 0 radical (unpaired) electrons. The molecule has 3 nitrogen and oxygen atoms in total. The molecule has 3 heteroatoms. The summed E-state index contributed by atoms with van der Waals surface area (Å²) in [5, 5.41) is 0. The largest absolute Gasteiger partial charge is 0.330 e. The summed E-state index contributed by atoms with van der Waals surface area (Å²) in [6.07, 6.45) is 4.58. The summed E-state index contributed by atoms with van der Waals surface area (Å²) in [5.41, 5.74) is 0. The van der Waals surface area contributed by atoms with E-state index in [1.54, 1.807) is 0 Å². The van der Waals surface area contributed by atoms with Gasteiger partial charge in [-0.2, -0.15) is 4.89 Å². The molecule has 0 aliphatic heterocycles. The van der Waals surface area contributed by atoms with Crippen molar-refractivity contribution in [3.05, 3.63) is 0 Å². The SMILES string of the molecule is O=COOC1CCCC1. The van der Waals surface area contributed by atoms with E-state index in [2.05, 4.69) is 9.78 Å². The Morgan fingerprint density at radius 3 is 2.56 bits per heavy atom. The maximum atomic E-state index is 9.61. The summed E-state index contributed by atoms with van der Waals surface area (Å²) in [4.78, 5) is 18.4. The first-order chi connectivity index (χ1) is 4.43. The van der Waals surface area contributed by atoms with Crippen molar-refractivity contribution in [1.82, 2.24) is 0 Å². The van der Waals surface area contributed by atoms with Crippen LogP contribution in [-0.4, -0.2) is 12.6 Å². The predicted molar refractivity (Wildman–Crippen MR) is 30.5 cm³/mol. The fourth-order valence-electron chi connectivity index (χ4n) is 1.09. The highest BCUT2D eigenvalue weighted by molar-refractivity contribution is 5.35. The van der Waals surface area contributed by atoms with Crippen molar-refractivity contribution in [2.75, 3.05) is 0 Å². The van der Waals surface area contributed by atoms with Gasteiger partial charge in [0.25, 0.3) is 0 Å². The Kier molecular flexibility index (Phi) is 2.51. The Bertz CT molecular complexity index is 86.3. The van der Waals surface area contributed by atoms with Crippen molar-refractivity contribution in [3.8, 4) is 0 Å². The number of carbonyl (C=O) groups excluding carboxylic acids is 1. The van der Waals surface area contributed by atoms with Gasteiger partial charge in [-0.25, -0.2) is 0 Å². The third-order valence-corrected chi connectivity index (χ3v) is 1.53. The maximum Gasteiger partial charge on any atom is 0.330 e. The summed E-state index contributed by atoms with van der Waals surface area (Å²) >= 11 is 0. The lowest BCUT2D eigenvalue weighted by atomic mass is 10.3. The van der Waals surface area contributed by atoms with Gasteiger partial charge in [0, 0.05) is 0 Å². The molecule has 1 fully saturated rings. The zero-order chi connectivity index (χ0) is 6.53. The third kappa shape index (κ3) is 2.01. The van der Waals surface area contributed by atoms with E-state index in [9.17, 15) is 4.79 Å². The first kappa shape index (κ1) is 6.55. The molecular weight excluding hydrogens is 120 g/mol. The molecule has 0 atom stereocenters. The molecule has 0 unspecified atom stereocenters. The molecule has 0 heterocycles. The average molecular weight is 130 g/mol. The van der Waals surface area contributed by atoms with Crippen LogP contribution in [0.25, 0.3) is 0 Å². The fourth-order valence-corrected chi connectivity index (χ4v) is 1.09. The van der Waals surface area contributed by atoms with Crippen molar-refractivity contribution in [2.24, 2.45) is 0 Å². The molecule has 1 rings (SSSR count). The van der Waals surface area contributed by atoms with Gasteiger partial charge in [0.2, 0.25) is 0 Å². The standard InChI is InChI=1S/C6H10O3/c7-5-8-9-6-3-1-2-4-6/h5-6H,1-4H2. The van der Waals surface area contributed by atoms with E-state index < -0.39 is 0 Å². The van der Waals surface area contributed by atoms with Crippen molar-refractivity contribution >= 4 is 6.47 Å². The van der Waals surface area contributed by atoms with Crippen LogP contribution in [0.4, 0.5) is 0 Å². The van der Waals surface area contributed by atoms with Gasteiger partial charge in [0.1, 0.15) is 6.10 Å². The lowest BCUT2D eigenvalue weighted by molar-refractivity contribution is -0.284. The molecule has 9 heavy (non-hydrogen) atoms. The van der Waals surface area contributed by atoms with Crippen LogP contribution < -0.4 is 0 Å². The Labute approximate surface area is 53.9 Å². The zero-order valence-corrected chi connectivity index (χ0v) is 5.21. The smallest absolute Gasteiger partial charge is 0.302 e. The molecule has 0 saturated heterocycles. The minimum absolute atomic E-state index is 0.162. The maximum absolute atomic E-state index is 9.61. The summed E-state index contributed by atoms with van der Waals surface area (Å²) in [5.74, 6) is 0. The molecule has 0 bridgehead atoms. The second kappa shape index (κ2) is 3.45. The van der Waals surface area contributed by atoms with Gasteiger partial charge in [-0.05, 0) is 12.8 Å². The van der Waals surface area contributed by atoms with Crippen LogP contribution in [0.5, 0.6) is 0 Å². The van der Waals surface area contributed by atoms with E-state index in [4.69, 9.17) is 0 Å². The van der Waals surface area contributed by atoms with Crippen molar-refractivity contribution < 1.29 is 14.6 Å². The van der Waals surface area contributed by atoms with Crippen LogP contribution in [0.2, 0.25) is 0 Å². The summed E-state index contributed by atoms with van der Waals surface area (Å²) in [6.45, 7) is 0.318. The Morgan fingerprint density at radius 2 is 2.00 bits per heavy atom. The Balaban J connectivity index is 2.04.